The Labute approximate surface area is 96.6 Å². The SMILES string of the molecule is CCCNCC(=O)N(C)CC(=O)NC1CC1. The van der Waals surface area contributed by atoms with E-state index in [1.807, 2.05) is 6.92 Å². The molecule has 0 aliphatic heterocycles. The topological polar surface area (TPSA) is 61.4 Å². The zero-order valence-electron chi connectivity index (χ0n) is 10.1. The molecule has 0 heterocycles. The zero-order valence-corrected chi connectivity index (χ0v) is 10.1. The Bertz CT molecular complexity index is 252. The molecule has 1 fully saturated rings. The second-order valence-electron chi connectivity index (χ2n) is 4.27. The van der Waals surface area contributed by atoms with Gasteiger partial charge in [-0.3, -0.25) is 9.59 Å². The first kappa shape index (κ1) is 13.0. The minimum atomic E-state index is -0.0613. The molecule has 1 aliphatic carbocycles. The summed E-state index contributed by atoms with van der Waals surface area (Å²) in [5.74, 6) is -0.103. The fourth-order valence-electron chi connectivity index (χ4n) is 1.31. The van der Waals surface area contributed by atoms with Gasteiger partial charge in [-0.25, -0.2) is 0 Å². The van der Waals surface area contributed by atoms with Crippen molar-refractivity contribution in [2.75, 3.05) is 26.7 Å². The molecule has 1 aliphatic rings. The van der Waals surface area contributed by atoms with Gasteiger partial charge in [0.05, 0.1) is 13.1 Å². The molecule has 5 heteroatoms. The summed E-state index contributed by atoms with van der Waals surface area (Å²) < 4.78 is 0. The van der Waals surface area contributed by atoms with Crippen molar-refractivity contribution < 1.29 is 9.59 Å². The fraction of sp³-hybridized carbons (Fsp3) is 0.818. The summed E-state index contributed by atoms with van der Waals surface area (Å²) in [6, 6.07) is 0.356. The number of hydrogen-bond acceptors (Lipinski definition) is 3. The quantitative estimate of drug-likeness (QED) is 0.588. The van der Waals surface area contributed by atoms with Crippen molar-refractivity contribution in [3.8, 4) is 0 Å². The van der Waals surface area contributed by atoms with E-state index in [1.54, 1.807) is 7.05 Å². The van der Waals surface area contributed by atoms with Crippen molar-refractivity contribution in [1.29, 1.82) is 0 Å². The molecule has 2 N–H and O–H groups in total. The summed E-state index contributed by atoms with van der Waals surface area (Å²) in [6.07, 6.45) is 3.14. The van der Waals surface area contributed by atoms with Crippen LogP contribution in [0.5, 0.6) is 0 Å². The van der Waals surface area contributed by atoms with Gasteiger partial charge in [0.1, 0.15) is 0 Å². The largest absolute Gasteiger partial charge is 0.352 e. The second-order valence-corrected chi connectivity index (χ2v) is 4.27. The summed E-state index contributed by atoms with van der Waals surface area (Å²) in [4.78, 5) is 24.4. The summed E-state index contributed by atoms with van der Waals surface area (Å²) in [5, 5.41) is 5.87. The summed E-state index contributed by atoms with van der Waals surface area (Å²) in [5.41, 5.74) is 0. The molecular formula is C11H21N3O2. The standard InChI is InChI=1S/C11H21N3O2/c1-3-6-12-7-11(16)14(2)8-10(15)13-9-4-5-9/h9,12H,3-8H2,1-2H3,(H,13,15). The van der Waals surface area contributed by atoms with Gasteiger partial charge in [-0.05, 0) is 25.8 Å². The van der Waals surface area contributed by atoms with Gasteiger partial charge in [-0.2, -0.15) is 0 Å². The maximum Gasteiger partial charge on any atom is 0.239 e. The highest BCUT2D eigenvalue weighted by atomic mass is 16.2. The monoisotopic (exact) mass is 227 g/mol. The average molecular weight is 227 g/mol. The van der Waals surface area contributed by atoms with Gasteiger partial charge in [0, 0.05) is 13.1 Å². The highest BCUT2D eigenvalue weighted by Crippen LogP contribution is 2.18. The lowest BCUT2D eigenvalue weighted by atomic mass is 10.4. The summed E-state index contributed by atoms with van der Waals surface area (Å²) in [7, 11) is 1.66. The minimum absolute atomic E-state index is 0.0422. The molecule has 0 atom stereocenters. The van der Waals surface area contributed by atoms with Gasteiger partial charge in [0.2, 0.25) is 11.8 Å². The highest BCUT2D eigenvalue weighted by molar-refractivity contribution is 5.85. The minimum Gasteiger partial charge on any atom is -0.352 e. The normalized spacial score (nSPS) is 14.6. The van der Waals surface area contributed by atoms with E-state index in [0.29, 0.717) is 12.6 Å². The third-order valence-electron chi connectivity index (χ3n) is 2.45. The fourth-order valence-corrected chi connectivity index (χ4v) is 1.31. The molecule has 0 saturated heterocycles. The van der Waals surface area contributed by atoms with Crippen LogP contribution >= 0.6 is 0 Å². The molecule has 0 spiro atoms. The van der Waals surface area contributed by atoms with Gasteiger partial charge in [-0.1, -0.05) is 6.92 Å². The molecule has 0 bridgehead atoms. The Kier molecular flexibility index (Phi) is 5.25. The van der Waals surface area contributed by atoms with Crippen LogP contribution in [0.4, 0.5) is 0 Å². The van der Waals surface area contributed by atoms with Crippen LogP contribution in [0.25, 0.3) is 0 Å². The third kappa shape index (κ3) is 5.11. The Morgan fingerprint density at radius 2 is 2.06 bits per heavy atom. The van der Waals surface area contributed by atoms with E-state index >= 15 is 0 Å². The van der Waals surface area contributed by atoms with Crippen LogP contribution in [0.15, 0.2) is 0 Å². The van der Waals surface area contributed by atoms with Crippen molar-refractivity contribution in [3.63, 3.8) is 0 Å². The number of hydrogen-bond donors (Lipinski definition) is 2. The predicted molar refractivity (Wildman–Crippen MR) is 62.0 cm³/mol. The van der Waals surface area contributed by atoms with E-state index in [-0.39, 0.29) is 18.4 Å². The predicted octanol–water partition coefficient (Wildman–Crippen LogP) is -0.277. The first-order chi connectivity index (χ1) is 7.63. The first-order valence-corrected chi connectivity index (χ1v) is 5.87. The van der Waals surface area contributed by atoms with Crippen LogP contribution in [0.3, 0.4) is 0 Å². The van der Waals surface area contributed by atoms with E-state index in [4.69, 9.17) is 0 Å². The average Bonchev–Trinajstić information content (AvgIpc) is 3.01. The maximum atomic E-state index is 11.5. The summed E-state index contributed by atoms with van der Waals surface area (Å²) >= 11 is 0. The lowest BCUT2D eigenvalue weighted by molar-refractivity contribution is -0.134. The zero-order chi connectivity index (χ0) is 12.0. The lowest BCUT2D eigenvalue weighted by Gasteiger charge is -2.16. The number of amides is 2. The van der Waals surface area contributed by atoms with Crippen molar-refractivity contribution in [3.05, 3.63) is 0 Å². The van der Waals surface area contributed by atoms with Gasteiger partial charge in [0.15, 0.2) is 0 Å². The molecule has 92 valence electrons. The number of nitrogens with one attached hydrogen (secondary N) is 2. The van der Waals surface area contributed by atoms with Crippen LogP contribution in [0.1, 0.15) is 26.2 Å². The first-order valence-electron chi connectivity index (χ1n) is 5.87. The van der Waals surface area contributed by atoms with Crippen molar-refractivity contribution in [1.82, 2.24) is 15.5 Å². The van der Waals surface area contributed by atoms with Crippen molar-refractivity contribution in [2.24, 2.45) is 0 Å². The van der Waals surface area contributed by atoms with Crippen LogP contribution in [0, 0.1) is 0 Å². The van der Waals surface area contributed by atoms with E-state index in [1.165, 1.54) is 4.90 Å². The molecule has 0 aromatic heterocycles. The molecule has 5 nitrogen and oxygen atoms in total. The van der Waals surface area contributed by atoms with Gasteiger partial charge in [0.25, 0.3) is 0 Å². The number of nitrogens with zero attached hydrogens (tertiary/aromatic N) is 1. The van der Waals surface area contributed by atoms with Crippen molar-refractivity contribution >= 4 is 11.8 Å². The van der Waals surface area contributed by atoms with Crippen LogP contribution < -0.4 is 10.6 Å². The number of rotatable bonds is 7. The Morgan fingerprint density at radius 3 is 2.62 bits per heavy atom. The van der Waals surface area contributed by atoms with E-state index < -0.39 is 0 Å². The van der Waals surface area contributed by atoms with Crippen LogP contribution in [0.2, 0.25) is 0 Å². The van der Waals surface area contributed by atoms with Crippen molar-refractivity contribution in [2.45, 2.75) is 32.2 Å². The van der Waals surface area contributed by atoms with E-state index in [2.05, 4.69) is 10.6 Å². The molecule has 1 saturated carbocycles. The number of carbonyl (C=O) groups excluding carboxylic acids is 2. The molecule has 0 aromatic carbocycles. The Hall–Kier alpha value is -1.10. The molecule has 0 unspecified atom stereocenters. The van der Waals surface area contributed by atoms with E-state index in [0.717, 1.165) is 25.8 Å². The smallest absolute Gasteiger partial charge is 0.239 e. The molecule has 16 heavy (non-hydrogen) atoms. The van der Waals surface area contributed by atoms with Crippen LogP contribution in [-0.4, -0.2) is 49.4 Å². The molecule has 0 aromatic rings. The third-order valence-corrected chi connectivity index (χ3v) is 2.45. The second kappa shape index (κ2) is 6.48. The van der Waals surface area contributed by atoms with Gasteiger partial charge >= 0.3 is 0 Å². The molecule has 1 rings (SSSR count). The maximum absolute atomic E-state index is 11.5. The molecule has 2 amide bonds. The van der Waals surface area contributed by atoms with E-state index in [9.17, 15) is 9.59 Å². The van der Waals surface area contributed by atoms with Gasteiger partial charge in [-0.15, -0.1) is 0 Å². The Morgan fingerprint density at radius 1 is 1.38 bits per heavy atom. The van der Waals surface area contributed by atoms with Crippen LogP contribution in [-0.2, 0) is 9.59 Å². The molecular weight excluding hydrogens is 206 g/mol. The Balaban J connectivity index is 2.13. The molecule has 0 radical (unpaired) electrons. The summed E-state index contributed by atoms with van der Waals surface area (Å²) in [6.45, 7) is 3.34. The lowest BCUT2D eigenvalue weighted by Crippen LogP contribution is -2.42. The highest BCUT2D eigenvalue weighted by Gasteiger charge is 2.24. The number of likely N-dealkylation sites (N-methyl/N-ethyl adjacent to an activating group) is 1. The van der Waals surface area contributed by atoms with Gasteiger partial charge < -0.3 is 15.5 Å². The number of carbonyl (C=O) groups is 2.